The van der Waals surface area contributed by atoms with Crippen LogP contribution in [0.3, 0.4) is 0 Å². The number of carbonyl (C=O) groups excluding carboxylic acids is 1. The Morgan fingerprint density at radius 2 is 1.97 bits per heavy atom. The van der Waals surface area contributed by atoms with E-state index in [1.54, 1.807) is 10.7 Å². The van der Waals surface area contributed by atoms with Crippen LogP contribution in [-0.2, 0) is 6.54 Å². The fourth-order valence-electron chi connectivity index (χ4n) is 5.29. The number of amides is 1. The summed E-state index contributed by atoms with van der Waals surface area (Å²) in [6.07, 6.45) is 5.72. The largest absolute Gasteiger partial charge is 0.348 e. The highest BCUT2D eigenvalue weighted by Crippen LogP contribution is 2.36. The van der Waals surface area contributed by atoms with Gasteiger partial charge in [0.15, 0.2) is 11.5 Å². The number of hydrogen-bond donors (Lipinski definition) is 2. The third-order valence-electron chi connectivity index (χ3n) is 7.27. The molecule has 2 aromatic heterocycles. The number of hydrogen-bond acceptors (Lipinski definition) is 6. The van der Waals surface area contributed by atoms with Crippen LogP contribution in [0.25, 0.3) is 16.9 Å². The van der Waals surface area contributed by atoms with Crippen LogP contribution in [0.15, 0.2) is 55.0 Å². The molecule has 36 heavy (non-hydrogen) atoms. The number of rotatable bonds is 5. The van der Waals surface area contributed by atoms with E-state index in [1.165, 1.54) is 24.7 Å². The summed E-state index contributed by atoms with van der Waals surface area (Å²) in [5.74, 6) is 1.22. The number of piperidine rings is 1. The van der Waals surface area contributed by atoms with Gasteiger partial charge in [0.25, 0.3) is 5.91 Å². The molecule has 2 aliphatic heterocycles. The van der Waals surface area contributed by atoms with Crippen molar-refractivity contribution in [2.45, 2.75) is 49.2 Å². The van der Waals surface area contributed by atoms with Crippen LogP contribution in [0.4, 0.5) is 11.5 Å². The molecule has 0 bridgehead atoms. The van der Waals surface area contributed by atoms with Crippen LogP contribution in [0.2, 0.25) is 0 Å². The number of anilines is 2. The van der Waals surface area contributed by atoms with E-state index in [2.05, 4.69) is 91.3 Å². The SMILES string of the molecule is CC(C)N1CCC(c2ccc(Nc3ncc(-c4ccc5c(c4)CNC5=O)n4ncnc34)cc2)CC1I. The Bertz CT molecular complexity index is 1430. The molecule has 2 aromatic carbocycles. The quantitative estimate of drug-likeness (QED) is 0.190. The van der Waals surface area contributed by atoms with Crippen LogP contribution in [0.1, 0.15) is 54.1 Å². The maximum absolute atomic E-state index is 11.9. The lowest BCUT2D eigenvalue weighted by molar-refractivity contribution is 0.0965. The number of halogens is 1. The van der Waals surface area contributed by atoms with Crippen molar-refractivity contribution >= 4 is 45.7 Å². The highest BCUT2D eigenvalue weighted by molar-refractivity contribution is 14.1. The second kappa shape index (κ2) is 9.44. The molecule has 2 N–H and O–H groups in total. The lowest BCUT2D eigenvalue weighted by Gasteiger charge is -2.39. The molecule has 0 radical (unpaired) electrons. The molecule has 4 aromatic rings. The van der Waals surface area contributed by atoms with Crippen molar-refractivity contribution in [3.8, 4) is 11.3 Å². The topological polar surface area (TPSA) is 87.5 Å². The minimum atomic E-state index is -0.0266. The molecule has 0 spiro atoms. The molecule has 8 nitrogen and oxygen atoms in total. The molecule has 2 atom stereocenters. The normalized spacial score (nSPS) is 20.1. The molecule has 4 heterocycles. The van der Waals surface area contributed by atoms with Gasteiger partial charge >= 0.3 is 0 Å². The summed E-state index contributed by atoms with van der Waals surface area (Å²) in [4.78, 5) is 23.6. The summed E-state index contributed by atoms with van der Waals surface area (Å²) in [7, 11) is 0. The Balaban J connectivity index is 1.22. The van der Waals surface area contributed by atoms with Crippen molar-refractivity contribution < 1.29 is 4.79 Å². The van der Waals surface area contributed by atoms with E-state index < -0.39 is 0 Å². The molecule has 2 aliphatic rings. The fourth-order valence-corrected chi connectivity index (χ4v) is 6.82. The number of nitrogens with one attached hydrogen (secondary N) is 2. The number of likely N-dealkylation sites (tertiary alicyclic amines) is 1. The second-order valence-electron chi connectivity index (χ2n) is 9.78. The lowest BCUT2D eigenvalue weighted by Crippen LogP contribution is -2.42. The summed E-state index contributed by atoms with van der Waals surface area (Å²) in [5.41, 5.74) is 6.50. The van der Waals surface area contributed by atoms with E-state index in [0.29, 0.717) is 34.0 Å². The zero-order valence-electron chi connectivity index (χ0n) is 20.3. The fraction of sp³-hybridized carbons (Fsp3) is 0.333. The van der Waals surface area contributed by atoms with Crippen molar-refractivity contribution in [1.29, 1.82) is 0 Å². The van der Waals surface area contributed by atoms with Gasteiger partial charge in [-0.3, -0.25) is 9.69 Å². The number of alkyl halides is 1. The standard InChI is InChI=1S/C27H28IN7O/c1-16(2)34-10-9-18(12-24(34)28)17-3-6-21(7-4-17)33-25-26-31-15-32-35(26)23(14-29-25)19-5-8-22-20(11-19)13-30-27(22)36/h3-8,11,14-16,18,24H,9-10,12-13H2,1-2H3,(H,29,33)(H,30,36). The summed E-state index contributed by atoms with van der Waals surface area (Å²) < 4.78 is 2.36. The average molecular weight is 593 g/mol. The van der Waals surface area contributed by atoms with E-state index >= 15 is 0 Å². The van der Waals surface area contributed by atoms with E-state index in [1.807, 2.05) is 18.2 Å². The van der Waals surface area contributed by atoms with Crippen LogP contribution in [0, 0.1) is 0 Å². The predicted molar refractivity (Wildman–Crippen MR) is 149 cm³/mol. The van der Waals surface area contributed by atoms with Crippen LogP contribution >= 0.6 is 22.6 Å². The van der Waals surface area contributed by atoms with Crippen LogP contribution in [0.5, 0.6) is 0 Å². The zero-order chi connectivity index (χ0) is 24.8. The first-order valence-corrected chi connectivity index (χ1v) is 13.6. The summed E-state index contributed by atoms with van der Waals surface area (Å²) >= 11 is 2.59. The monoisotopic (exact) mass is 593 g/mol. The Morgan fingerprint density at radius 3 is 2.75 bits per heavy atom. The molecule has 1 saturated heterocycles. The first-order valence-electron chi connectivity index (χ1n) is 12.3. The number of nitrogens with zero attached hydrogens (tertiary/aromatic N) is 5. The number of aromatic nitrogens is 4. The van der Waals surface area contributed by atoms with Gasteiger partial charge in [0.1, 0.15) is 6.33 Å². The minimum Gasteiger partial charge on any atom is -0.348 e. The first kappa shape index (κ1) is 23.4. The van der Waals surface area contributed by atoms with Gasteiger partial charge in [-0.25, -0.2) is 14.5 Å². The summed E-state index contributed by atoms with van der Waals surface area (Å²) in [6, 6.07) is 15.1. The molecular formula is C27H28IN7O. The highest BCUT2D eigenvalue weighted by Gasteiger charge is 2.29. The van der Waals surface area contributed by atoms with Crippen molar-refractivity contribution in [3.63, 3.8) is 0 Å². The molecule has 1 fully saturated rings. The molecule has 1 amide bonds. The molecule has 0 aliphatic carbocycles. The molecular weight excluding hydrogens is 565 g/mol. The maximum Gasteiger partial charge on any atom is 0.251 e. The first-order chi connectivity index (χ1) is 17.5. The van der Waals surface area contributed by atoms with Gasteiger partial charge in [0.2, 0.25) is 0 Å². The molecule has 9 heteroatoms. The second-order valence-corrected chi connectivity index (χ2v) is 11.2. The Hall–Kier alpha value is -3.05. The van der Waals surface area contributed by atoms with Crippen molar-refractivity contribution in [2.75, 3.05) is 11.9 Å². The van der Waals surface area contributed by atoms with Gasteiger partial charge in [-0.05, 0) is 68.0 Å². The van der Waals surface area contributed by atoms with Gasteiger partial charge in [-0.2, -0.15) is 5.10 Å². The maximum atomic E-state index is 11.9. The van der Waals surface area contributed by atoms with Gasteiger partial charge in [0.05, 0.1) is 15.9 Å². The van der Waals surface area contributed by atoms with Crippen molar-refractivity contribution in [1.82, 2.24) is 29.8 Å². The van der Waals surface area contributed by atoms with Crippen molar-refractivity contribution in [2.24, 2.45) is 0 Å². The lowest BCUT2D eigenvalue weighted by atomic mass is 9.89. The molecule has 184 valence electrons. The van der Waals surface area contributed by atoms with E-state index in [4.69, 9.17) is 0 Å². The van der Waals surface area contributed by atoms with E-state index in [-0.39, 0.29) is 5.91 Å². The number of fused-ring (bicyclic) bond motifs is 2. The minimum absolute atomic E-state index is 0.0266. The van der Waals surface area contributed by atoms with E-state index in [9.17, 15) is 4.79 Å². The van der Waals surface area contributed by atoms with Crippen LogP contribution in [-0.4, -0.2) is 47.0 Å². The molecule has 2 unspecified atom stereocenters. The Morgan fingerprint density at radius 1 is 1.14 bits per heavy atom. The van der Waals surface area contributed by atoms with Gasteiger partial charge in [-0.15, -0.1) is 0 Å². The van der Waals surface area contributed by atoms with Gasteiger partial charge < -0.3 is 10.6 Å². The molecule has 6 rings (SSSR count). The van der Waals surface area contributed by atoms with Gasteiger partial charge in [0, 0.05) is 35.9 Å². The van der Waals surface area contributed by atoms with E-state index in [0.717, 1.165) is 34.6 Å². The third-order valence-corrected chi connectivity index (χ3v) is 8.50. The summed E-state index contributed by atoms with van der Waals surface area (Å²) in [5, 5.41) is 10.7. The number of benzene rings is 2. The predicted octanol–water partition coefficient (Wildman–Crippen LogP) is 5.13. The smallest absolute Gasteiger partial charge is 0.251 e. The highest BCUT2D eigenvalue weighted by atomic mass is 127. The van der Waals surface area contributed by atoms with Crippen molar-refractivity contribution in [3.05, 3.63) is 71.7 Å². The third kappa shape index (κ3) is 4.24. The number of carbonyl (C=O) groups is 1. The molecule has 0 saturated carbocycles. The summed E-state index contributed by atoms with van der Waals surface area (Å²) in [6.45, 7) is 6.25. The average Bonchev–Trinajstić information content (AvgIpc) is 3.52. The van der Waals surface area contributed by atoms with Crippen LogP contribution < -0.4 is 10.6 Å². The Kier molecular flexibility index (Phi) is 6.12. The van der Waals surface area contributed by atoms with Gasteiger partial charge in [-0.1, -0.05) is 40.8 Å². The zero-order valence-corrected chi connectivity index (χ0v) is 22.4. The Labute approximate surface area is 223 Å².